The Labute approximate surface area is 104 Å². The molecule has 3 fully saturated rings. The van der Waals surface area contributed by atoms with E-state index in [4.69, 9.17) is 4.74 Å². The molecule has 0 amide bonds. The number of fused-ring (bicyclic) bond motifs is 2. The number of aliphatic hydroxyl groups is 1. The Morgan fingerprint density at radius 1 is 0.824 bits per heavy atom. The number of nitrogens with zero attached hydrogens (tertiary/aromatic N) is 1. The Morgan fingerprint density at radius 2 is 1.47 bits per heavy atom. The fourth-order valence-electron chi connectivity index (χ4n) is 3.79. The van der Waals surface area contributed by atoms with Gasteiger partial charge in [0.1, 0.15) is 0 Å². The van der Waals surface area contributed by atoms with Crippen LogP contribution in [0, 0.1) is 0 Å². The summed E-state index contributed by atoms with van der Waals surface area (Å²) in [6.45, 7) is 2.11. The van der Waals surface area contributed by atoms with E-state index in [1.807, 2.05) is 0 Å². The van der Waals surface area contributed by atoms with Gasteiger partial charge in [-0.15, -0.1) is 0 Å². The van der Waals surface area contributed by atoms with Crippen LogP contribution in [0.15, 0.2) is 0 Å². The monoisotopic (exact) mass is 239 g/mol. The molecule has 2 saturated heterocycles. The first-order chi connectivity index (χ1) is 8.33. The molecule has 2 bridgehead atoms. The van der Waals surface area contributed by atoms with Gasteiger partial charge in [-0.2, -0.15) is 0 Å². The second-order valence-corrected chi connectivity index (χ2v) is 6.04. The lowest BCUT2D eigenvalue weighted by atomic mass is 9.92. The maximum atomic E-state index is 10.3. The van der Waals surface area contributed by atoms with E-state index in [1.54, 1.807) is 0 Å². The minimum atomic E-state index is -0.104. The summed E-state index contributed by atoms with van der Waals surface area (Å²) < 4.78 is 5.89. The predicted octanol–water partition coefficient (Wildman–Crippen LogP) is 1.93. The largest absolute Gasteiger partial charge is 0.391 e. The minimum Gasteiger partial charge on any atom is -0.391 e. The molecule has 0 aromatic rings. The van der Waals surface area contributed by atoms with Gasteiger partial charge in [-0.3, -0.25) is 4.90 Å². The number of hydrogen-bond acceptors (Lipinski definition) is 3. The Morgan fingerprint density at radius 3 is 2.18 bits per heavy atom. The van der Waals surface area contributed by atoms with Crippen LogP contribution in [0.4, 0.5) is 0 Å². The molecule has 3 heteroatoms. The van der Waals surface area contributed by atoms with Crippen molar-refractivity contribution < 1.29 is 9.84 Å². The zero-order valence-corrected chi connectivity index (χ0v) is 10.7. The van der Waals surface area contributed by atoms with E-state index in [0.717, 1.165) is 19.5 Å². The van der Waals surface area contributed by atoms with Crippen LogP contribution >= 0.6 is 0 Å². The molecular weight excluding hydrogens is 214 g/mol. The van der Waals surface area contributed by atoms with E-state index in [1.165, 1.54) is 44.9 Å². The van der Waals surface area contributed by atoms with E-state index in [-0.39, 0.29) is 6.10 Å². The molecule has 0 aromatic heterocycles. The van der Waals surface area contributed by atoms with Crippen molar-refractivity contribution in [3.63, 3.8) is 0 Å². The van der Waals surface area contributed by atoms with E-state index in [2.05, 4.69) is 4.90 Å². The summed E-state index contributed by atoms with van der Waals surface area (Å²) in [7, 11) is 0. The van der Waals surface area contributed by atoms with E-state index in [9.17, 15) is 5.11 Å². The van der Waals surface area contributed by atoms with Crippen molar-refractivity contribution in [1.29, 1.82) is 0 Å². The molecule has 1 N–H and O–H groups in total. The maximum absolute atomic E-state index is 10.3. The molecule has 0 aromatic carbocycles. The third kappa shape index (κ3) is 2.67. The number of rotatable bonds is 1. The summed E-state index contributed by atoms with van der Waals surface area (Å²) in [6, 6.07) is 0.405. The summed E-state index contributed by atoms with van der Waals surface area (Å²) >= 11 is 0. The van der Waals surface area contributed by atoms with E-state index < -0.39 is 0 Å². The van der Waals surface area contributed by atoms with E-state index in [0.29, 0.717) is 18.2 Å². The first kappa shape index (κ1) is 11.9. The SMILES string of the molecule is OC1CCCCCCC1N1CC2CCC(C1)O2. The van der Waals surface area contributed by atoms with Crippen molar-refractivity contribution >= 4 is 0 Å². The zero-order valence-electron chi connectivity index (χ0n) is 10.7. The zero-order chi connectivity index (χ0) is 11.7. The van der Waals surface area contributed by atoms with E-state index >= 15 is 0 Å². The Kier molecular flexibility index (Phi) is 3.69. The minimum absolute atomic E-state index is 0.104. The lowest BCUT2D eigenvalue weighted by Crippen LogP contribution is -2.52. The van der Waals surface area contributed by atoms with Gasteiger partial charge >= 0.3 is 0 Å². The lowest BCUT2D eigenvalue weighted by molar-refractivity contribution is -0.0768. The van der Waals surface area contributed by atoms with Crippen LogP contribution in [0.2, 0.25) is 0 Å². The third-order valence-electron chi connectivity index (χ3n) is 4.73. The summed E-state index contributed by atoms with van der Waals surface area (Å²) in [5.41, 5.74) is 0. The smallest absolute Gasteiger partial charge is 0.0707 e. The molecule has 2 heterocycles. The molecule has 3 rings (SSSR count). The third-order valence-corrected chi connectivity index (χ3v) is 4.73. The molecule has 2 aliphatic heterocycles. The molecule has 4 atom stereocenters. The quantitative estimate of drug-likeness (QED) is 0.759. The van der Waals surface area contributed by atoms with Crippen LogP contribution in [0.3, 0.4) is 0 Å². The highest BCUT2D eigenvalue weighted by molar-refractivity contribution is 4.90. The summed E-state index contributed by atoms with van der Waals surface area (Å²) in [4.78, 5) is 2.53. The highest BCUT2D eigenvalue weighted by Crippen LogP contribution is 2.30. The van der Waals surface area contributed by atoms with Gasteiger partial charge in [0.25, 0.3) is 0 Å². The molecule has 0 radical (unpaired) electrons. The van der Waals surface area contributed by atoms with Crippen LogP contribution in [-0.2, 0) is 4.74 Å². The van der Waals surface area contributed by atoms with Crippen LogP contribution in [0.5, 0.6) is 0 Å². The molecule has 4 unspecified atom stereocenters. The van der Waals surface area contributed by atoms with Crippen molar-refractivity contribution in [2.45, 2.75) is 75.7 Å². The van der Waals surface area contributed by atoms with Crippen molar-refractivity contribution in [2.24, 2.45) is 0 Å². The number of morpholine rings is 1. The predicted molar refractivity (Wildman–Crippen MR) is 67.0 cm³/mol. The molecule has 17 heavy (non-hydrogen) atoms. The van der Waals surface area contributed by atoms with Gasteiger partial charge in [0.15, 0.2) is 0 Å². The van der Waals surface area contributed by atoms with Crippen molar-refractivity contribution in [3.05, 3.63) is 0 Å². The van der Waals surface area contributed by atoms with Crippen LogP contribution in [0.25, 0.3) is 0 Å². The van der Waals surface area contributed by atoms with Crippen LogP contribution < -0.4 is 0 Å². The molecule has 1 saturated carbocycles. The van der Waals surface area contributed by atoms with Crippen molar-refractivity contribution in [2.75, 3.05) is 13.1 Å². The highest BCUT2D eigenvalue weighted by atomic mass is 16.5. The molecule has 3 aliphatic rings. The summed E-state index contributed by atoms with van der Waals surface area (Å²) in [6.07, 6.45) is 10.6. The summed E-state index contributed by atoms with van der Waals surface area (Å²) in [5.74, 6) is 0. The molecular formula is C14H25NO2. The standard InChI is InChI=1S/C14H25NO2/c16-14-6-4-2-1-3-5-13(14)15-9-11-7-8-12(10-15)17-11/h11-14,16H,1-10H2. The Hall–Kier alpha value is -0.120. The second kappa shape index (κ2) is 5.25. The number of aliphatic hydroxyl groups excluding tert-OH is 1. The van der Waals surface area contributed by atoms with Gasteiger partial charge in [-0.25, -0.2) is 0 Å². The van der Waals surface area contributed by atoms with Gasteiger partial charge < -0.3 is 9.84 Å². The Bertz CT molecular complexity index is 247. The molecule has 1 aliphatic carbocycles. The van der Waals surface area contributed by atoms with Gasteiger partial charge in [0.05, 0.1) is 18.3 Å². The van der Waals surface area contributed by atoms with Gasteiger partial charge in [-0.05, 0) is 25.7 Å². The first-order valence-electron chi connectivity index (χ1n) is 7.40. The Balaban J connectivity index is 1.64. The average molecular weight is 239 g/mol. The first-order valence-corrected chi connectivity index (χ1v) is 7.40. The molecule has 0 spiro atoms. The normalized spacial score (nSPS) is 44.3. The maximum Gasteiger partial charge on any atom is 0.0707 e. The number of hydrogen-bond donors (Lipinski definition) is 1. The average Bonchev–Trinajstić information content (AvgIpc) is 2.64. The fourth-order valence-corrected chi connectivity index (χ4v) is 3.79. The second-order valence-electron chi connectivity index (χ2n) is 6.04. The highest BCUT2D eigenvalue weighted by Gasteiger charge is 2.38. The fraction of sp³-hybridized carbons (Fsp3) is 1.00. The topological polar surface area (TPSA) is 32.7 Å². The van der Waals surface area contributed by atoms with Crippen LogP contribution in [-0.4, -0.2) is 47.4 Å². The molecule has 3 nitrogen and oxygen atoms in total. The molecule has 98 valence electrons. The van der Waals surface area contributed by atoms with Gasteiger partial charge in [-0.1, -0.05) is 25.7 Å². The summed E-state index contributed by atoms with van der Waals surface area (Å²) in [5, 5.41) is 10.3. The van der Waals surface area contributed by atoms with Gasteiger partial charge in [0.2, 0.25) is 0 Å². The van der Waals surface area contributed by atoms with Crippen LogP contribution in [0.1, 0.15) is 51.4 Å². The lowest BCUT2D eigenvalue weighted by Gasteiger charge is -2.40. The number of ether oxygens (including phenoxy) is 1. The van der Waals surface area contributed by atoms with Gasteiger partial charge in [0, 0.05) is 19.1 Å². The van der Waals surface area contributed by atoms with Crippen molar-refractivity contribution in [3.8, 4) is 0 Å². The number of likely N-dealkylation sites (tertiary alicyclic amines) is 1. The van der Waals surface area contributed by atoms with Crippen molar-refractivity contribution in [1.82, 2.24) is 4.90 Å².